The number of aryl methyl sites for hydroxylation is 1. The van der Waals surface area contributed by atoms with Crippen LogP contribution in [-0.4, -0.2) is 26.1 Å². The predicted molar refractivity (Wildman–Crippen MR) is 117 cm³/mol. The van der Waals surface area contributed by atoms with Crippen molar-refractivity contribution >= 4 is 29.1 Å². The van der Waals surface area contributed by atoms with Crippen LogP contribution in [0, 0.1) is 6.92 Å². The molecule has 2 N–H and O–H groups in total. The zero-order valence-corrected chi connectivity index (χ0v) is 17.9. The Morgan fingerprint density at radius 2 is 1.97 bits per heavy atom. The van der Waals surface area contributed by atoms with Gasteiger partial charge in [0.05, 0.1) is 18.8 Å². The van der Waals surface area contributed by atoms with Crippen LogP contribution in [0.2, 0.25) is 10.0 Å². The molecule has 2 aromatic heterocycles. The number of phenolic OH excluding ortho intramolecular Hbond substituents is 1. The molecule has 1 amide bonds. The van der Waals surface area contributed by atoms with Gasteiger partial charge in [-0.3, -0.25) is 9.89 Å². The fourth-order valence-corrected chi connectivity index (χ4v) is 4.27. The van der Waals surface area contributed by atoms with Gasteiger partial charge in [-0.1, -0.05) is 35.3 Å². The van der Waals surface area contributed by atoms with Gasteiger partial charge in [-0.25, -0.2) is 0 Å². The number of rotatable bonds is 4. The Kier molecular flexibility index (Phi) is 4.76. The molecule has 5 rings (SSSR count). The molecule has 1 aliphatic heterocycles. The van der Waals surface area contributed by atoms with Gasteiger partial charge >= 0.3 is 0 Å². The maximum atomic E-state index is 13.3. The van der Waals surface area contributed by atoms with Crippen molar-refractivity contribution in [3.63, 3.8) is 0 Å². The van der Waals surface area contributed by atoms with Crippen LogP contribution in [0.25, 0.3) is 11.3 Å². The highest BCUT2D eigenvalue weighted by Crippen LogP contribution is 2.46. The SMILES string of the molecule is Cc1cc(O)c(-c2n[nH]c3c2C(c2ccc(Cl)cc2)N(Cc2ccco2)C3=O)cc1Cl. The average molecular weight is 454 g/mol. The highest BCUT2D eigenvalue weighted by molar-refractivity contribution is 6.31. The number of nitrogens with zero attached hydrogens (tertiary/aromatic N) is 2. The maximum Gasteiger partial charge on any atom is 0.273 e. The van der Waals surface area contributed by atoms with Crippen molar-refractivity contribution in [2.75, 3.05) is 0 Å². The lowest BCUT2D eigenvalue weighted by atomic mass is 9.95. The number of benzene rings is 2. The minimum absolute atomic E-state index is 0.0444. The molecule has 31 heavy (non-hydrogen) atoms. The van der Waals surface area contributed by atoms with E-state index in [2.05, 4.69) is 10.2 Å². The quantitative estimate of drug-likeness (QED) is 0.412. The van der Waals surface area contributed by atoms with Gasteiger partial charge < -0.3 is 14.4 Å². The Labute approximate surface area is 188 Å². The number of H-pyrrole nitrogens is 1. The molecule has 0 fully saturated rings. The second kappa shape index (κ2) is 7.48. The van der Waals surface area contributed by atoms with Gasteiger partial charge in [-0.2, -0.15) is 5.10 Å². The van der Waals surface area contributed by atoms with Gasteiger partial charge in [0.15, 0.2) is 0 Å². The van der Waals surface area contributed by atoms with Crippen LogP contribution in [0.15, 0.2) is 59.2 Å². The first-order valence-corrected chi connectivity index (χ1v) is 10.4. The van der Waals surface area contributed by atoms with E-state index in [0.717, 1.165) is 11.1 Å². The van der Waals surface area contributed by atoms with Crippen molar-refractivity contribution in [3.05, 3.63) is 93.0 Å². The molecule has 0 saturated heterocycles. The van der Waals surface area contributed by atoms with Crippen molar-refractivity contribution in [3.8, 4) is 17.0 Å². The number of aromatic amines is 1. The fourth-order valence-electron chi connectivity index (χ4n) is 3.98. The van der Waals surface area contributed by atoms with E-state index in [1.165, 1.54) is 0 Å². The van der Waals surface area contributed by atoms with Crippen molar-refractivity contribution in [2.24, 2.45) is 0 Å². The number of phenols is 1. The molecule has 6 nitrogen and oxygen atoms in total. The van der Waals surface area contributed by atoms with E-state index in [9.17, 15) is 9.90 Å². The summed E-state index contributed by atoms with van der Waals surface area (Å²) in [7, 11) is 0. The lowest BCUT2D eigenvalue weighted by molar-refractivity contribution is 0.0717. The van der Waals surface area contributed by atoms with E-state index in [0.29, 0.717) is 38.3 Å². The molecule has 0 radical (unpaired) electrons. The van der Waals surface area contributed by atoms with Gasteiger partial charge in [0.2, 0.25) is 0 Å². The molecule has 156 valence electrons. The van der Waals surface area contributed by atoms with Gasteiger partial charge in [0.25, 0.3) is 5.91 Å². The summed E-state index contributed by atoms with van der Waals surface area (Å²) < 4.78 is 5.49. The topological polar surface area (TPSA) is 82.4 Å². The number of amides is 1. The molecular weight excluding hydrogens is 437 g/mol. The number of carbonyl (C=O) groups excluding carboxylic acids is 1. The summed E-state index contributed by atoms with van der Waals surface area (Å²) in [6, 6.07) is 13.7. The fraction of sp³-hybridized carbons (Fsp3) is 0.130. The highest BCUT2D eigenvalue weighted by atomic mass is 35.5. The smallest absolute Gasteiger partial charge is 0.273 e. The van der Waals surface area contributed by atoms with E-state index >= 15 is 0 Å². The summed E-state index contributed by atoms with van der Waals surface area (Å²) >= 11 is 12.4. The molecule has 0 saturated carbocycles. The Morgan fingerprint density at radius 3 is 2.68 bits per heavy atom. The van der Waals surface area contributed by atoms with Crippen LogP contribution in [0.5, 0.6) is 5.75 Å². The Morgan fingerprint density at radius 1 is 1.19 bits per heavy atom. The largest absolute Gasteiger partial charge is 0.507 e. The van der Waals surface area contributed by atoms with Gasteiger partial charge in [-0.15, -0.1) is 0 Å². The number of fused-ring (bicyclic) bond motifs is 1. The lowest BCUT2D eigenvalue weighted by Crippen LogP contribution is -2.28. The Hall–Kier alpha value is -3.22. The first-order valence-electron chi connectivity index (χ1n) is 9.60. The summed E-state index contributed by atoms with van der Waals surface area (Å²) in [6.45, 7) is 2.09. The van der Waals surface area contributed by atoms with Crippen LogP contribution < -0.4 is 0 Å². The van der Waals surface area contributed by atoms with Crippen molar-refractivity contribution in [1.29, 1.82) is 0 Å². The number of hydrogen-bond donors (Lipinski definition) is 2. The third-order valence-electron chi connectivity index (χ3n) is 5.49. The monoisotopic (exact) mass is 453 g/mol. The lowest BCUT2D eigenvalue weighted by Gasteiger charge is -2.25. The summed E-state index contributed by atoms with van der Waals surface area (Å²) in [4.78, 5) is 15.0. The maximum absolute atomic E-state index is 13.3. The number of hydrogen-bond acceptors (Lipinski definition) is 4. The van der Waals surface area contributed by atoms with Gasteiger partial charge in [0, 0.05) is 21.2 Å². The summed E-state index contributed by atoms with van der Waals surface area (Å²) in [6.07, 6.45) is 1.58. The number of carbonyl (C=O) groups is 1. The summed E-state index contributed by atoms with van der Waals surface area (Å²) in [5, 5.41) is 18.9. The normalized spacial score (nSPS) is 15.5. The number of nitrogens with one attached hydrogen (secondary N) is 1. The molecule has 0 aliphatic carbocycles. The standard InChI is InChI=1S/C23H17Cl2N3O3/c1-12-9-18(29)16(10-17(12)25)20-19-21(27-26-20)23(30)28(11-15-3-2-8-31-15)22(19)13-4-6-14(24)7-5-13/h2-10,22,29H,11H2,1H3,(H,26,27). The highest BCUT2D eigenvalue weighted by Gasteiger charge is 2.42. The molecule has 1 atom stereocenters. The van der Waals surface area contributed by atoms with E-state index in [1.54, 1.807) is 41.5 Å². The molecule has 0 bridgehead atoms. The van der Waals surface area contributed by atoms with Gasteiger partial charge in [-0.05, 0) is 54.4 Å². The summed E-state index contributed by atoms with van der Waals surface area (Å²) in [5.74, 6) is 0.499. The van der Waals surface area contributed by atoms with E-state index < -0.39 is 6.04 Å². The summed E-state index contributed by atoms with van der Waals surface area (Å²) in [5.41, 5.74) is 3.60. The zero-order valence-electron chi connectivity index (χ0n) is 16.4. The van der Waals surface area contributed by atoms with Crippen molar-refractivity contribution in [1.82, 2.24) is 15.1 Å². The number of aromatic hydroxyl groups is 1. The number of furan rings is 1. The third-order valence-corrected chi connectivity index (χ3v) is 6.15. The molecule has 0 spiro atoms. The molecule has 1 aliphatic rings. The van der Waals surface area contributed by atoms with Gasteiger partial charge in [0.1, 0.15) is 22.9 Å². The molecule has 4 aromatic rings. The van der Waals surface area contributed by atoms with Crippen molar-refractivity contribution < 1.29 is 14.3 Å². The van der Waals surface area contributed by atoms with Crippen LogP contribution >= 0.6 is 23.2 Å². The van der Waals surface area contributed by atoms with E-state index in [-0.39, 0.29) is 18.2 Å². The minimum Gasteiger partial charge on any atom is -0.507 e. The number of halogens is 2. The van der Waals surface area contributed by atoms with Crippen LogP contribution in [0.1, 0.15) is 39.0 Å². The van der Waals surface area contributed by atoms with Crippen LogP contribution in [0.3, 0.4) is 0 Å². The minimum atomic E-state index is -0.446. The second-order valence-electron chi connectivity index (χ2n) is 7.45. The second-order valence-corrected chi connectivity index (χ2v) is 8.29. The first kappa shape index (κ1) is 19.7. The molecule has 8 heteroatoms. The Bertz CT molecular complexity index is 1280. The predicted octanol–water partition coefficient (Wildman–Crippen LogP) is 5.74. The number of aromatic nitrogens is 2. The van der Waals surface area contributed by atoms with E-state index in [4.69, 9.17) is 27.6 Å². The van der Waals surface area contributed by atoms with Crippen molar-refractivity contribution in [2.45, 2.75) is 19.5 Å². The first-order chi connectivity index (χ1) is 14.9. The zero-order chi connectivity index (χ0) is 21.7. The third kappa shape index (κ3) is 3.28. The van der Waals surface area contributed by atoms with E-state index in [1.807, 2.05) is 25.1 Å². The average Bonchev–Trinajstić information content (AvgIpc) is 3.46. The van der Waals surface area contributed by atoms with Crippen LogP contribution in [-0.2, 0) is 6.54 Å². The van der Waals surface area contributed by atoms with Crippen LogP contribution in [0.4, 0.5) is 0 Å². The Balaban J connectivity index is 1.69. The molecule has 2 aromatic carbocycles. The molecule has 1 unspecified atom stereocenters. The molecular formula is C23H17Cl2N3O3. The molecule has 3 heterocycles.